The van der Waals surface area contributed by atoms with Crippen LogP contribution in [-0.2, 0) is 0 Å². The van der Waals surface area contributed by atoms with Crippen molar-refractivity contribution in [1.82, 2.24) is 4.57 Å². The van der Waals surface area contributed by atoms with E-state index in [4.69, 9.17) is 11.6 Å². The van der Waals surface area contributed by atoms with Gasteiger partial charge in [0.25, 0.3) is 0 Å². The van der Waals surface area contributed by atoms with Gasteiger partial charge in [-0.3, -0.25) is 0 Å². The zero-order chi connectivity index (χ0) is 28.8. The number of hydrogen-bond donors (Lipinski definition) is 0. The summed E-state index contributed by atoms with van der Waals surface area (Å²) in [5.74, 6) is 0. The lowest BCUT2D eigenvalue weighted by atomic mass is 10.0. The van der Waals surface area contributed by atoms with E-state index < -0.39 is 0 Å². The molecule has 8 aromatic rings. The lowest BCUT2D eigenvalue weighted by Crippen LogP contribution is -2.09. The Morgan fingerprint density at radius 3 is 1.79 bits per heavy atom. The van der Waals surface area contributed by atoms with Crippen LogP contribution in [0.4, 0.5) is 17.1 Å². The van der Waals surface area contributed by atoms with Crippen LogP contribution in [0.25, 0.3) is 49.4 Å². The quantitative estimate of drug-likeness (QED) is 0.200. The fourth-order valence-corrected chi connectivity index (χ4v) is 6.50. The maximum atomic E-state index is 6.86. The molecule has 0 fully saturated rings. The van der Waals surface area contributed by atoms with Crippen molar-refractivity contribution >= 4 is 61.2 Å². The van der Waals surface area contributed by atoms with E-state index in [0.29, 0.717) is 5.02 Å². The molecular formula is C40H27ClN2. The van der Waals surface area contributed by atoms with E-state index >= 15 is 0 Å². The Kier molecular flexibility index (Phi) is 6.21. The third kappa shape index (κ3) is 4.44. The molecule has 0 radical (unpaired) electrons. The van der Waals surface area contributed by atoms with Crippen molar-refractivity contribution < 1.29 is 0 Å². The first-order valence-corrected chi connectivity index (χ1v) is 14.8. The number of fused-ring (bicyclic) bond motifs is 5. The molecule has 0 bridgehead atoms. The first kappa shape index (κ1) is 25.4. The Morgan fingerprint density at radius 2 is 1.07 bits per heavy atom. The first-order chi connectivity index (χ1) is 21.2. The second-order valence-corrected chi connectivity index (χ2v) is 11.2. The molecule has 1 heterocycles. The van der Waals surface area contributed by atoms with Gasteiger partial charge >= 0.3 is 0 Å². The van der Waals surface area contributed by atoms with Crippen molar-refractivity contribution in [3.05, 3.63) is 169 Å². The predicted octanol–water partition coefficient (Wildman–Crippen LogP) is 11.7. The molecule has 204 valence electrons. The molecule has 0 unspecified atom stereocenters. The van der Waals surface area contributed by atoms with Crippen LogP contribution < -0.4 is 4.90 Å². The zero-order valence-corrected chi connectivity index (χ0v) is 24.1. The van der Waals surface area contributed by atoms with Crippen LogP contribution >= 0.6 is 11.6 Å². The molecule has 0 spiro atoms. The van der Waals surface area contributed by atoms with Gasteiger partial charge in [-0.15, -0.1) is 0 Å². The average Bonchev–Trinajstić information content (AvgIpc) is 3.40. The van der Waals surface area contributed by atoms with Gasteiger partial charge < -0.3 is 9.47 Å². The van der Waals surface area contributed by atoms with Gasteiger partial charge in [0.05, 0.1) is 11.0 Å². The Balaban J connectivity index is 1.37. The van der Waals surface area contributed by atoms with Crippen LogP contribution in [0.3, 0.4) is 0 Å². The van der Waals surface area contributed by atoms with E-state index in [1.54, 1.807) is 0 Å². The molecule has 0 saturated heterocycles. The molecule has 0 aliphatic heterocycles. The fraction of sp³-hybridized carbons (Fsp3) is 0. The zero-order valence-electron chi connectivity index (χ0n) is 23.4. The van der Waals surface area contributed by atoms with Crippen LogP contribution in [0.15, 0.2) is 164 Å². The van der Waals surface area contributed by atoms with E-state index in [2.05, 4.69) is 155 Å². The number of aromatic nitrogens is 1. The van der Waals surface area contributed by atoms with Gasteiger partial charge in [-0.05, 0) is 77.2 Å². The molecule has 7 aromatic carbocycles. The topological polar surface area (TPSA) is 8.17 Å². The van der Waals surface area contributed by atoms with Gasteiger partial charge in [-0.25, -0.2) is 0 Å². The normalized spacial score (nSPS) is 11.4. The van der Waals surface area contributed by atoms with Gasteiger partial charge in [-0.2, -0.15) is 0 Å². The minimum absolute atomic E-state index is 0.694. The van der Waals surface area contributed by atoms with Gasteiger partial charge in [0.1, 0.15) is 0 Å². The summed E-state index contributed by atoms with van der Waals surface area (Å²) in [7, 11) is 0. The molecule has 8 rings (SSSR count). The maximum absolute atomic E-state index is 6.86. The third-order valence-corrected chi connectivity index (χ3v) is 8.39. The predicted molar refractivity (Wildman–Crippen MR) is 183 cm³/mol. The molecule has 0 N–H and O–H groups in total. The third-order valence-electron chi connectivity index (χ3n) is 8.17. The number of benzene rings is 7. The maximum Gasteiger partial charge on any atom is 0.0619 e. The largest absolute Gasteiger partial charge is 0.310 e. The average molecular weight is 571 g/mol. The number of nitrogens with zero attached hydrogens (tertiary/aromatic N) is 2. The van der Waals surface area contributed by atoms with Crippen molar-refractivity contribution in [3.8, 4) is 16.8 Å². The molecule has 43 heavy (non-hydrogen) atoms. The number of anilines is 3. The number of rotatable bonds is 5. The highest BCUT2D eigenvalue weighted by molar-refractivity contribution is 6.31. The van der Waals surface area contributed by atoms with Crippen molar-refractivity contribution in [2.45, 2.75) is 0 Å². The van der Waals surface area contributed by atoms with Crippen LogP contribution in [-0.4, -0.2) is 4.57 Å². The summed E-state index contributed by atoms with van der Waals surface area (Å²) in [6.45, 7) is 0. The smallest absolute Gasteiger partial charge is 0.0619 e. The highest BCUT2D eigenvalue weighted by Gasteiger charge is 2.18. The minimum Gasteiger partial charge on any atom is -0.310 e. The van der Waals surface area contributed by atoms with Crippen molar-refractivity contribution in [3.63, 3.8) is 0 Å². The van der Waals surface area contributed by atoms with E-state index in [0.717, 1.165) is 33.9 Å². The van der Waals surface area contributed by atoms with Crippen LogP contribution in [0.5, 0.6) is 0 Å². The number of para-hydroxylation sites is 3. The Labute approximate surface area is 255 Å². The highest BCUT2D eigenvalue weighted by atomic mass is 35.5. The lowest BCUT2D eigenvalue weighted by Gasteiger charge is -2.26. The van der Waals surface area contributed by atoms with Crippen molar-refractivity contribution in [2.24, 2.45) is 0 Å². The highest BCUT2D eigenvalue weighted by Crippen LogP contribution is 2.41. The second-order valence-electron chi connectivity index (χ2n) is 10.8. The second kappa shape index (κ2) is 10.5. The molecule has 0 atom stereocenters. The van der Waals surface area contributed by atoms with Crippen molar-refractivity contribution in [2.75, 3.05) is 4.90 Å². The summed E-state index contributed by atoms with van der Waals surface area (Å²) in [6, 6.07) is 57.7. The van der Waals surface area contributed by atoms with Crippen molar-refractivity contribution in [1.29, 1.82) is 0 Å². The Morgan fingerprint density at radius 1 is 0.442 bits per heavy atom. The molecule has 0 amide bonds. The lowest BCUT2D eigenvalue weighted by molar-refractivity contribution is 1.19. The van der Waals surface area contributed by atoms with Gasteiger partial charge in [0, 0.05) is 43.9 Å². The number of halogens is 1. The summed E-state index contributed by atoms with van der Waals surface area (Å²) in [4.78, 5) is 2.25. The molecule has 0 aliphatic rings. The van der Waals surface area contributed by atoms with E-state index in [1.165, 1.54) is 32.6 Å². The molecule has 1 aromatic heterocycles. The summed E-state index contributed by atoms with van der Waals surface area (Å²) in [5.41, 5.74) is 8.87. The molecule has 3 heteroatoms. The Bertz CT molecular complexity index is 2200. The molecular weight excluding hydrogens is 544 g/mol. The standard InChI is InChI=1S/C40H27ClN2/c41-31-24-30(25-35(27-31)42(32-13-4-1-5-14-32)33-15-6-2-7-16-33)29-21-22-37-38-23-20-28-12-10-11-19-36(28)40(38)43(39(37)26-29)34-17-8-3-9-18-34/h1-27H. The first-order valence-electron chi connectivity index (χ1n) is 14.5. The van der Waals surface area contributed by atoms with Gasteiger partial charge in [0.2, 0.25) is 0 Å². The van der Waals surface area contributed by atoms with Gasteiger partial charge in [-0.1, -0.05) is 115 Å². The summed E-state index contributed by atoms with van der Waals surface area (Å²) >= 11 is 6.86. The molecule has 2 nitrogen and oxygen atoms in total. The Hall–Kier alpha value is -5.31. The van der Waals surface area contributed by atoms with Crippen LogP contribution in [0, 0.1) is 0 Å². The van der Waals surface area contributed by atoms with E-state index in [-0.39, 0.29) is 0 Å². The summed E-state index contributed by atoms with van der Waals surface area (Å²) in [6.07, 6.45) is 0. The minimum atomic E-state index is 0.694. The van der Waals surface area contributed by atoms with E-state index in [1.807, 2.05) is 18.2 Å². The van der Waals surface area contributed by atoms with Crippen LogP contribution in [0.2, 0.25) is 5.02 Å². The van der Waals surface area contributed by atoms with E-state index in [9.17, 15) is 0 Å². The number of hydrogen-bond acceptors (Lipinski definition) is 1. The molecule has 0 saturated carbocycles. The summed E-state index contributed by atoms with van der Waals surface area (Å²) < 4.78 is 2.40. The monoisotopic (exact) mass is 570 g/mol. The van der Waals surface area contributed by atoms with Gasteiger partial charge in [0.15, 0.2) is 0 Å². The van der Waals surface area contributed by atoms with Crippen LogP contribution in [0.1, 0.15) is 0 Å². The summed E-state index contributed by atoms with van der Waals surface area (Å²) in [5, 5.41) is 5.64. The molecule has 0 aliphatic carbocycles. The fourth-order valence-electron chi connectivity index (χ4n) is 6.27. The SMILES string of the molecule is Clc1cc(-c2ccc3c4ccc5ccccc5c4n(-c4ccccc4)c3c2)cc(N(c2ccccc2)c2ccccc2)c1.